The molecule has 94 valence electrons. The van der Waals surface area contributed by atoms with Crippen LogP contribution in [0, 0.1) is 6.92 Å². The monoisotopic (exact) mass is 253 g/mol. The molecule has 17 heavy (non-hydrogen) atoms. The van der Waals surface area contributed by atoms with Crippen molar-refractivity contribution in [1.29, 1.82) is 0 Å². The molecule has 0 aliphatic rings. The standard InChI is InChI=1S/C14H20ClNO/c1-10-7-6-8-11(14(2,3)4)13(10)16(5)12(17)9-15/h6-8H,9H2,1-5H3. The topological polar surface area (TPSA) is 20.3 Å². The summed E-state index contributed by atoms with van der Waals surface area (Å²) >= 11 is 5.62. The number of amides is 1. The third-order valence-electron chi connectivity index (χ3n) is 2.87. The molecule has 0 radical (unpaired) electrons. The first kappa shape index (κ1) is 14.0. The first-order valence-electron chi connectivity index (χ1n) is 5.71. The van der Waals surface area contributed by atoms with Gasteiger partial charge in [-0.05, 0) is 23.5 Å². The van der Waals surface area contributed by atoms with Gasteiger partial charge in [-0.25, -0.2) is 0 Å². The highest BCUT2D eigenvalue weighted by Crippen LogP contribution is 2.34. The summed E-state index contributed by atoms with van der Waals surface area (Å²) in [4.78, 5) is 13.4. The molecule has 1 aromatic carbocycles. The number of anilines is 1. The van der Waals surface area contributed by atoms with Gasteiger partial charge in [0.05, 0.1) is 0 Å². The zero-order chi connectivity index (χ0) is 13.2. The molecular weight excluding hydrogens is 234 g/mol. The highest BCUT2D eigenvalue weighted by Gasteiger charge is 2.23. The fourth-order valence-electron chi connectivity index (χ4n) is 1.92. The van der Waals surface area contributed by atoms with Gasteiger partial charge in [-0.3, -0.25) is 4.79 Å². The number of alkyl halides is 1. The molecule has 3 heteroatoms. The molecule has 0 aromatic heterocycles. The number of para-hydroxylation sites is 1. The summed E-state index contributed by atoms with van der Waals surface area (Å²) in [6, 6.07) is 6.11. The van der Waals surface area contributed by atoms with Crippen LogP contribution in [0.4, 0.5) is 5.69 Å². The number of hydrogen-bond donors (Lipinski definition) is 0. The van der Waals surface area contributed by atoms with Gasteiger partial charge >= 0.3 is 0 Å². The summed E-state index contributed by atoms with van der Waals surface area (Å²) in [7, 11) is 1.78. The summed E-state index contributed by atoms with van der Waals surface area (Å²) in [5, 5.41) is 0. The van der Waals surface area contributed by atoms with E-state index in [1.807, 2.05) is 19.1 Å². The number of halogens is 1. The maximum absolute atomic E-state index is 11.7. The van der Waals surface area contributed by atoms with Crippen molar-refractivity contribution in [2.45, 2.75) is 33.1 Å². The molecular formula is C14H20ClNO. The second-order valence-electron chi connectivity index (χ2n) is 5.31. The highest BCUT2D eigenvalue weighted by molar-refractivity contribution is 6.29. The summed E-state index contributed by atoms with van der Waals surface area (Å²) in [5.74, 6) is -0.0690. The van der Waals surface area contributed by atoms with E-state index in [4.69, 9.17) is 11.6 Å². The van der Waals surface area contributed by atoms with Gasteiger partial charge in [0.1, 0.15) is 5.88 Å². The van der Waals surface area contributed by atoms with Crippen LogP contribution in [0.5, 0.6) is 0 Å². The molecule has 0 saturated heterocycles. The number of aryl methyl sites for hydroxylation is 1. The highest BCUT2D eigenvalue weighted by atomic mass is 35.5. The van der Waals surface area contributed by atoms with Crippen LogP contribution >= 0.6 is 11.6 Å². The van der Waals surface area contributed by atoms with Gasteiger partial charge in [-0.1, -0.05) is 39.0 Å². The van der Waals surface area contributed by atoms with E-state index in [1.54, 1.807) is 11.9 Å². The lowest BCUT2D eigenvalue weighted by atomic mass is 9.84. The van der Waals surface area contributed by atoms with Gasteiger partial charge in [0.25, 0.3) is 0 Å². The van der Waals surface area contributed by atoms with Crippen molar-refractivity contribution in [3.05, 3.63) is 29.3 Å². The van der Waals surface area contributed by atoms with Gasteiger partial charge in [0, 0.05) is 12.7 Å². The van der Waals surface area contributed by atoms with E-state index in [1.165, 1.54) is 5.56 Å². The van der Waals surface area contributed by atoms with Gasteiger partial charge in [0.2, 0.25) is 5.91 Å². The van der Waals surface area contributed by atoms with Crippen molar-refractivity contribution in [1.82, 2.24) is 0 Å². The van der Waals surface area contributed by atoms with Crippen molar-refractivity contribution < 1.29 is 4.79 Å². The van der Waals surface area contributed by atoms with Crippen molar-refractivity contribution in [2.24, 2.45) is 0 Å². The molecule has 0 bridgehead atoms. The summed E-state index contributed by atoms with van der Waals surface area (Å²) < 4.78 is 0. The van der Waals surface area contributed by atoms with E-state index < -0.39 is 0 Å². The maximum atomic E-state index is 11.7. The van der Waals surface area contributed by atoms with E-state index in [-0.39, 0.29) is 17.2 Å². The number of rotatable bonds is 2. The lowest BCUT2D eigenvalue weighted by Crippen LogP contribution is -2.30. The van der Waals surface area contributed by atoms with Crippen LogP contribution in [0.15, 0.2) is 18.2 Å². The SMILES string of the molecule is Cc1cccc(C(C)(C)C)c1N(C)C(=O)CCl. The average Bonchev–Trinajstić information content (AvgIpc) is 2.25. The zero-order valence-corrected chi connectivity index (χ0v) is 11.9. The quantitative estimate of drug-likeness (QED) is 0.739. The zero-order valence-electron chi connectivity index (χ0n) is 11.2. The van der Waals surface area contributed by atoms with Crippen LogP contribution in [0.2, 0.25) is 0 Å². The van der Waals surface area contributed by atoms with Crippen LogP contribution < -0.4 is 4.90 Å². The van der Waals surface area contributed by atoms with Crippen molar-refractivity contribution in [2.75, 3.05) is 17.8 Å². The summed E-state index contributed by atoms with van der Waals surface area (Å²) in [6.45, 7) is 8.45. The largest absolute Gasteiger partial charge is 0.314 e. The molecule has 1 aromatic rings. The minimum absolute atomic E-state index is 0.00219. The first-order chi connectivity index (χ1) is 7.79. The van der Waals surface area contributed by atoms with Crippen LogP contribution in [0.1, 0.15) is 31.9 Å². The van der Waals surface area contributed by atoms with Crippen LogP contribution in [-0.2, 0) is 10.2 Å². The fraction of sp³-hybridized carbons (Fsp3) is 0.500. The van der Waals surface area contributed by atoms with Gasteiger partial charge in [-0.15, -0.1) is 11.6 Å². The lowest BCUT2D eigenvalue weighted by molar-refractivity contribution is -0.116. The third-order valence-corrected chi connectivity index (χ3v) is 3.10. The van der Waals surface area contributed by atoms with E-state index in [9.17, 15) is 4.79 Å². The summed E-state index contributed by atoms with van der Waals surface area (Å²) in [6.07, 6.45) is 0. The number of hydrogen-bond acceptors (Lipinski definition) is 1. The molecule has 1 rings (SSSR count). The van der Waals surface area contributed by atoms with Crippen molar-refractivity contribution >= 4 is 23.2 Å². The average molecular weight is 254 g/mol. The molecule has 0 N–H and O–H groups in total. The van der Waals surface area contributed by atoms with Crippen molar-refractivity contribution in [3.8, 4) is 0 Å². The Labute approximate surface area is 109 Å². The molecule has 0 unspecified atom stereocenters. The Morgan fingerprint density at radius 3 is 2.41 bits per heavy atom. The Hall–Kier alpha value is -1.02. The number of benzene rings is 1. The lowest BCUT2D eigenvalue weighted by Gasteiger charge is -2.29. The molecule has 0 atom stereocenters. The van der Waals surface area contributed by atoms with E-state index in [0.29, 0.717) is 0 Å². The summed E-state index contributed by atoms with van der Waals surface area (Å²) in [5.41, 5.74) is 3.24. The minimum Gasteiger partial charge on any atom is -0.314 e. The molecule has 0 spiro atoms. The molecule has 0 aliphatic heterocycles. The Bertz CT molecular complexity index is 421. The normalized spacial score (nSPS) is 11.4. The van der Waals surface area contributed by atoms with Crippen molar-refractivity contribution in [3.63, 3.8) is 0 Å². The van der Waals surface area contributed by atoms with Crippen LogP contribution in [0.25, 0.3) is 0 Å². The van der Waals surface area contributed by atoms with Crippen LogP contribution in [0.3, 0.4) is 0 Å². The number of carbonyl (C=O) groups excluding carboxylic acids is 1. The van der Waals surface area contributed by atoms with Gasteiger partial charge in [0.15, 0.2) is 0 Å². The molecule has 0 fully saturated rings. The molecule has 1 amide bonds. The Kier molecular flexibility index (Phi) is 4.21. The van der Waals surface area contributed by atoms with E-state index >= 15 is 0 Å². The second-order valence-corrected chi connectivity index (χ2v) is 5.57. The Morgan fingerprint density at radius 2 is 1.94 bits per heavy atom. The maximum Gasteiger partial charge on any atom is 0.241 e. The first-order valence-corrected chi connectivity index (χ1v) is 6.25. The van der Waals surface area contributed by atoms with E-state index in [0.717, 1.165) is 11.3 Å². The Morgan fingerprint density at radius 1 is 1.35 bits per heavy atom. The Balaban J connectivity index is 3.35. The smallest absolute Gasteiger partial charge is 0.241 e. The molecule has 0 heterocycles. The fourth-order valence-corrected chi connectivity index (χ4v) is 2.10. The predicted molar refractivity (Wildman–Crippen MR) is 74.0 cm³/mol. The second kappa shape index (κ2) is 5.09. The minimum atomic E-state index is -0.0773. The molecule has 0 aliphatic carbocycles. The third kappa shape index (κ3) is 3.01. The molecule has 2 nitrogen and oxygen atoms in total. The number of nitrogens with zero attached hydrogens (tertiary/aromatic N) is 1. The van der Waals surface area contributed by atoms with E-state index in [2.05, 4.69) is 26.8 Å². The van der Waals surface area contributed by atoms with Gasteiger partial charge in [-0.2, -0.15) is 0 Å². The van der Waals surface area contributed by atoms with Crippen LogP contribution in [-0.4, -0.2) is 18.8 Å². The molecule has 0 saturated carbocycles. The predicted octanol–water partition coefficient (Wildman–Crippen LogP) is 3.49. The van der Waals surface area contributed by atoms with Gasteiger partial charge < -0.3 is 4.90 Å². The number of carbonyl (C=O) groups is 1.